The highest BCUT2D eigenvalue weighted by Crippen LogP contribution is 2.34. The number of carbonyl (C=O) groups excluding carboxylic acids is 1. The van der Waals surface area contributed by atoms with Crippen LogP contribution in [0.3, 0.4) is 0 Å². The first-order valence-electron chi connectivity index (χ1n) is 7.74. The normalized spacial score (nSPS) is 17.0. The van der Waals surface area contributed by atoms with E-state index in [9.17, 15) is 9.18 Å². The minimum atomic E-state index is -0.598. The zero-order valence-corrected chi connectivity index (χ0v) is 14.5. The molecule has 3 heterocycles. The number of anilines is 3. The fraction of sp³-hybridized carbons (Fsp3) is 0.267. The first kappa shape index (κ1) is 16.5. The molecule has 3 aromatic rings. The lowest BCUT2D eigenvalue weighted by Crippen LogP contribution is -2.25. The third kappa shape index (κ3) is 3.02. The molecule has 0 aliphatic carbocycles. The summed E-state index contributed by atoms with van der Waals surface area (Å²) < 4.78 is 19.6. The van der Waals surface area contributed by atoms with Gasteiger partial charge in [0.2, 0.25) is 5.95 Å². The molecule has 2 aromatic heterocycles. The van der Waals surface area contributed by atoms with E-state index in [1.165, 1.54) is 22.3 Å². The number of hydrogen-bond donors (Lipinski definition) is 3. The van der Waals surface area contributed by atoms with Crippen molar-refractivity contribution in [2.45, 2.75) is 6.10 Å². The number of H-pyrrole nitrogens is 1. The Morgan fingerprint density at radius 1 is 1.54 bits per heavy atom. The summed E-state index contributed by atoms with van der Waals surface area (Å²) in [5.74, 6) is 0.0898. The Labute approximate surface area is 151 Å². The lowest BCUT2D eigenvalue weighted by atomic mass is 10.1. The van der Waals surface area contributed by atoms with E-state index >= 15 is 0 Å². The van der Waals surface area contributed by atoms with Crippen LogP contribution in [0.15, 0.2) is 24.4 Å². The Kier molecular flexibility index (Phi) is 4.09. The van der Waals surface area contributed by atoms with Crippen LogP contribution in [0.25, 0.3) is 10.4 Å². The highest BCUT2D eigenvalue weighted by Gasteiger charge is 2.32. The van der Waals surface area contributed by atoms with Gasteiger partial charge < -0.3 is 9.84 Å². The van der Waals surface area contributed by atoms with E-state index < -0.39 is 18.0 Å². The van der Waals surface area contributed by atoms with Crippen molar-refractivity contribution in [2.75, 3.05) is 23.4 Å². The molecule has 1 atom stereocenters. The smallest absolute Gasteiger partial charge is 0.414 e. The number of amides is 1. The average molecular weight is 378 g/mol. The fourth-order valence-electron chi connectivity index (χ4n) is 2.62. The number of aromatic nitrogens is 4. The van der Waals surface area contributed by atoms with Crippen LogP contribution in [0, 0.1) is 5.82 Å². The Morgan fingerprint density at radius 2 is 2.35 bits per heavy atom. The molecule has 3 N–H and O–H groups in total. The monoisotopic (exact) mass is 378 g/mol. The van der Waals surface area contributed by atoms with Gasteiger partial charge in [0.05, 0.1) is 23.7 Å². The van der Waals surface area contributed by atoms with Gasteiger partial charge in [-0.1, -0.05) is 11.3 Å². The standard InChI is InChI=1S/C15H15FN6O3S/c1-21-19-13(20-21)18-14-17-5-12(26-14)10-3-2-8(4-11(10)16)22-6-9(7-23)25-15(22)24/h2-5,9,23H,6-7H2,1H3,(H2,17,18,19,20)/t9-/m1/s1. The Hall–Kier alpha value is -2.92. The summed E-state index contributed by atoms with van der Waals surface area (Å²) in [7, 11) is 1.76. The molecule has 0 unspecified atom stereocenters. The summed E-state index contributed by atoms with van der Waals surface area (Å²) in [5.41, 5.74) is 0.761. The van der Waals surface area contributed by atoms with Crippen molar-refractivity contribution in [3.05, 3.63) is 30.2 Å². The summed E-state index contributed by atoms with van der Waals surface area (Å²) >= 11 is 1.28. The molecule has 0 spiro atoms. The number of ether oxygens (including phenoxy) is 1. The number of nitrogens with one attached hydrogen (secondary N) is 2. The van der Waals surface area contributed by atoms with Crippen molar-refractivity contribution in [1.29, 1.82) is 0 Å². The van der Waals surface area contributed by atoms with Crippen LogP contribution in [0.4, 0.5) is 26.0 Å². The van der Waals surface area contributed by atoms with E-state index in [-0.39, 0.29) is 13.2 Å². The number of hydrogen-bond acceptors (Lipinski definition) is 7. The molecule has 136 valence electrons. The first-order valence-corrected chi connectivity index (χ1v) is 8.56. The highest BCUT2D eigenvalue weighted by atomic mass is 32.1. The van der Waals surface area contributed by atoms with E-state index in [0.717, 1.165) is 0 Å². The predicted molar refractivity (Wildman–Crippen MR) is 93.1 cm³/mol. The Balaban J connectivity index is 1.53. The van der Waals surface area contributed by atoms with Gasteiger partial charge in [0, 0.05) is 18.8 Å². The second-order valence-electron chi connectivity index (χ2n) is 5.70. The average Bonchev–Trinajstić information content (AvgIpc) is 3.20. The number of aliphatic hydroxyl groups excluding tert-OH is 1. The highest BCUT2D eigenvalue weighted by molar-refractivity contribution is 7.18. The van der Waals surface area contributed by atoms with Gasteiger partial charge in [-0.3, -0.25) is 10.2 Å². The number of aryl methyl sites for hydroxylation is 1. The van der Waals surface area contributed by atoms with Crippen LogP contribution in [-0.4, -0.2) is 50.4 Å². The van der Waals surface area contributed by atoms with Crippen LogP contribution in [0.2, 0.25) is 0 Å². The van der Waals surface area contributed by atoms with E-state index in [4.69, 9.17) is 9.84 Å². The molecule has 1 aromatic carbocycles. The van der Waals surface area contributed by atoms with Gasteiger partial charge >= 0.3 is 6.09 Å². The van der Waals surface area contributed by atoms with Gasteiger partial charge in [0.1, 0.15) is 11.9 Å². The molecule has 4 rings (SSSR count). The van der Waals surface area contributed by atoms with Gasteiger partial charge in [-0.25, -0.2) is 24.1 Å². The van der Waals surface area contributed by atoms with Crippen LogP contribution in [-0.2, 0) is 11.8 Å². The van der Waals surface area contributed by atoms with Gasteiger partial charge in [0.25, 0.3) is 0 Å². The lowest BCUT2D eigenvalue weighted by molar-refractivity contribution is 0.0963. The van der Waals surface area contributed by atoms with Gasteiger partial charge in [-0.15, -0.1) is 5.10 Å². The van der Waals surface area contributed by atoms with Gasteiger partial charge in [-0.2, -0.15) is 0 Å². The number of carbonyl (C=O) groups is 1. The number of aromatic amines is 1. The van der Waals surface area contributed by atoms with Crippen LogP contribution in [0.1, 0.15) is 0 Å². The number of nitrogens with zero attached hydrogens (tertiary/aromatic N) is 4. The van der Waals surface area contributed by atoms with Crippen molar-refractivity contribution in [1.82, 2.24) is 20.0 Å². The second kappa shape index (κ2) is 6.42. The molecule has 1 aliphatic rings. The molecule has 0 bridgehead atoms. The maximum atomic E-state index is 14.6. The van der Waals surface area contributed by atoms with Gasteiger partial charge in [0.15, 0.2) is 5.13 Å². The third-order valence-corrected chi connectivity index (χ3v) is 4.80. The molecule has 11 heteroatoms. The van der Waals surface area contributed by atoms with Crippen molar-refractivity contribution in [3.8, 4) is 10.4 Å². The van der Waals surface area contributed by atoms with Crippen LogP contribution < -0.4 is 10.2 Å². The number of benzene rings is 1. The number of thiazole rings is 1. The summed E-state index contributed by atoms with van der Waals surface area (Å²) in [6.07, 6.45) is 0.376. The Morgan fingerprint density at radius 3 is 3.00 bits per heavy atom. The molecule has 1 aliphatic heterocycles. The third-order valence-electron chi connectivity index (χ3n) is 3.86. The molecule has 1 fully saturated rings. The number of cyclic esters (lactones) is 1. The van der Waals surface area contributed by atoms with E-state index in [1.54, 1.807) is 30.2 Å². The molecule has 0 saturated carbocycles. The maximum absolute atomic E-state index is 14.6. The molecular formula is C15H15FN6O3S. The SMILES string of the molecule is Cn1nc(Nc2ncc(-c3ccc(N4C[C@H](CO)OC4=O)cc3F)s2)[nH]1. The topological polar surface area (TPSA) is 108 Å². The van der Waals surface area contributed by atoms with Crippen molar-refractivity contribution in [3.63, 3.8) is 0 Å². The second-order valence-corrected chi connectivity index (χ2v) is 6.73. The lowest BCUT2D eigenvalue weighted by Gasteiger charge is -2.13. The quantitative estimate of drug-likeness (QED) is 0.627. The number of aliphatic hydroxyl groups is 1. The number of rotatable bonds is 5. The zero-order chi connectivity index (χ0) is 18.3. The van der Waals surface area contributed by atoms with Crippen LogP contribution >= 0.6 is 11.3 Å². The minimum Gasteiger partial charge on any atom is -0.441 e. The van der Waals surface area contributed by atoms with E-state index in [0.29, 0.717) is 27.2 Å². The summed E-state index contributed by atoms with van der Waals surface area (Å²) in [6, 6.07) is 4.50. The minimum absolute atomic E-state index is 0.187. The molecule has 0 radical (unpaired) electrons. The molecule has 26 heavy (non-hydrogen) atoms. The summed E-state index contributed by atoms with van der Waals surface area (Å²) in [5, 5.41) is 19.6. The summed E-state index contributed by atoms with van der Waals surface area (Å²) in [6.45, 7) is -0.0817. The molecule has 9 nitrogen and oxygen atoms in total. The van der Waals surface area contributed by atoms with Crippen molar-refractivity contribution >= 4 is 34.2 Å². The fourth-order valence-corrected chi connectivity index (χ4v) is 3.46. The first-order chi connectivity index (χ1) is 12.5. The predicted octanol–water partition coefficient (Wildman–Crippen LogP) is 2.07. The zero-order valence-electron chi connectivity index (χ0n) is 13.6. The maximum Gasteiger partial charge on any atom is 0.414 e. The van der Waals surface area contributed by atoms with E-state index in [1.807, 2.05) is 0 Å². The number of halogens is 1. The largest absolute Gasteiger partial charge is 0.441 e. The van der Waals surface area contributed by atoms with Gasteiger partial charge in [-0.05, 0) is 18.2 Å². The van der Waals surface area contributed by atoms with Crippen molar-refractivity contribution in [2.24, 2.45) is 7.05 Å². The summed E-state index contributed by atoms with van der Waals surface area (Å²) in [4.78, 5) is 19.5. The van der Waals surface area contributed by atoms with Crippen LogP contribution in [0.5, 0.6) is 0 Å². The molecular weight excluding hydrogens is 363 g/mol. The van der Waals surface area contributed by atoms with E-state index in [2.05, 4.69) is 20.5 Å². The molecule has 1 amide bonds. The Bertz CT molecular complexity index is 939. The van der Waals surface area contributed by atoms with Crippen molar-refractivity contribution < 1.29 is 19.0 Å². The molecule has 1 saturated heterocycles.